The predicted molar refractivity (Wildman–Crippen MR) is 128 cm³/mol. The monoisotopic (exact) mass is 494 g/mol. The summed E-state index contributed by atoms with van der Waals surface area (Å²) in [6, 6.07) is 22.4. The molecule has 4 nitrogen and oxygen atoms in total. The van der Waals surface area contributed by atoms with Gasteiger partial charge in [-0.05, 0) is 54.0 Å². The van der Waals surface area contributed by atoms with Crippen LogP contribution in [-0.2, 0) is 17.8 Å². The van der Waals surface area contributed by atoms with E-state index >= 15 is 0 Å². The Balaban J connectivity index is 1.70. The molecule has 0 unspecified atom stereocenters. The Morgan fingerprint density at radius 1 is 1.16 bits per heavy atom. The molecule has 3 aromatic rings. The fourth-order valence-corrected chi connectivity index (χ4v) is 3.48. The van der Waals surface area contributed by atoms with Crippen LogP contribution in [-0.4, -0.2) is 5.91 Å². The number of rotatable bonds is 7. The van der Waals surface area contributed by atoms with E-state index in [0.717, 1.165) is 16.5 Å². The average Bonchev–Trinajstić information content (AvgIpc) is 2.78. The van der Waals surface area contributed by atoms with Crippen molar-refractivity contribution >= 4 is 45.2 Å². The van der Waals surface area contributed by atoms with E-state index in [1.807, 2.05) is 54.6 Å². The molecule has 0 saturated heterocycles. The molecule has 6 heteroatoms. The van der Waals surface area contributed by atoms with Crippen molar-refractivity contribution in [3.63, 3.8) is 0 Å². The van der Waals surface area contributed by atoms with Gasteiger partial charge in [0, 0.05) is 15.7 Å². The van der Waals surface area contributed by atoms with Crippen molar-refractivity contribution in [2.45, 2.75) is 20.0 Å². The molecule has 0 saturated carbocycles. The summed E-state index contributed by atoms with van der Waals surface area (Å²) in [4.78, 5) is 12.5. The van der Waals surface area contributed by atoms with Gasteiger partial charge in [0.15, 0.2) is 0 Å². The first-order valence-electron chi connectivity index (χ1n) is 9.68. The van der Waals surface area contributed by atoms with Crippen molar-refractivity contribution in [3.05, 3.63) is 98.5 Å². The van der Waals surface area contributed by atoms with Gasteiger partial charge < -0.3 is 10.1 Å². The SMILES string of the molecule is CCc1ccc(NC(=O)/C(C#N)=C/c2ccc(OCc3ccccc3Br)c(Cl)c2)cc1. The summed E-state index contributed by atoms with van der Waals surface area (Å²) in [5.74, 6) is 0.0469. The fourth-order valence-electron chi connectivity index (χ4n) is 2.83. The molecule has 0 aliphatic carbocycles. The smallest absolute Gasteiger partial charge is 0.266 e. The Kier molecular flexibility index (Phi) is 7.88. The molecule has 0 bridgehead atoms. The number of aryl methyl sites for hydroxylation is 1. The Morgan fingerprint density at radius 2 is 1.90 bits per heavy atom. The number of anilines is 1. The van der Waals surface area contributed by atoms with Crippen LogP contribution in [0.15, 0.2) is 76.8 Å². The minimum absolute atomic E-state index is 0.0162. The second-order valence-electron chi connectivity index (χ2n) is 6.74. The first-order valence-corrected chi connectivity index (χ1v) is 10.8. The Labute approximate surface area is 195 Å². The van der Waals surface area contributed by atoms with Crippen LogP contribution in [0, 0.1) is 11.3 Å². The fraction of sp³-hybridized carbons (Fsp3) is 0.120. The Hall–Kier alpha value is -3.07. The highest BCUT2D eigenvalue weighted by Crippen LogP contribution is 2.28. The van der Waals surface area contributed by atoms with Crippen molar-refractivity contribution < 1.29 is 9.53 Å². The van der Waals surface area contributed by atoms with Crippen LogP contribution in [0.4, 0.5) is 5.69 Å². The number of hydrogen-bond acceptors (Lipinski definition) is 3. The maximum absolute atomic E-state index is 12.5. The number of carbonyl (C=O) groups excluding carboxylic acids is 1. The van der Waals surface area contributed by atoms with E-state index in [0.29, 0.717) is 28.6 Å². The summed E-state index contributed by atoms with van der Waals surface area (Å²) in [5.41, 5.74) is 3.42. The maximum Gasteiger partial charge on any atom is 0.266 e. The van der Waals surface area contributed by atoms with E-state index in [2.05, 4.69) is 28.2 Å². The molecule has 0 fully saturated rings. The van der Waals surface area contributed by atoms with Crippen LogP contribution in [0.2, 0.25) is 5.02 Å². The molecule has 0 aliphatic rings. The van der Waals surface area contributed by atoms with Crippen LogP contribution >= 0.6 is 27.5 Å². The minimum Gasteiger partial charge on any atom is -0.487 e. The largest absolute Gasteiger partial charge is 0.487 e. The number of nitrogens with one attached hydrogen (secondary N) is 1. The molecule has 0 heterocycles. The Morgan fingerprint density at radius 3 is 2.55 bits per heavy atom. The second-order valence-corrected chi connectivity index (χ2v) is 8.01. The molecule has 0 radical (unpaired) electrons. The third kappa shape index (κ3) is 6.21. The van der Waals surface area contributed by atoms with Gasteiger partial charge in [-0.1, -0.05) is 70.9 Å². The minimum atomic E-state index is -0.475. The predicted octanol–water partition coefficient (Wildman–Crippen LogP) is 6.79. The molecule has 3 aromatic carbocycles. The van der Waals surface area contributed by atoms with Gasteiger partial charge in [0.2, 0.25) is 0 Å². The zero-order chi connectivity index (χ0) is 22.2. The lowest BCUT2D eigenvalue weighted by Gasteiger charge is -2.10. The zero-order valence-electron chi connectivity index (χ0n) is 16.9. The number of halogens is 2. The van der Waals surface area contributed by atoms with Gasteiger partial charge in [-0.2, -0.15) is 5.26 Å². The molecule has 0 atom stereocenters. The quantitative estimate of drug-likeness (QED) is 0.290. The van der Waals surface area contributed by atoms with E-state index in [1.165, 1.54) is 11.6 Å². The van der Waals surface area contributed by atoms with E-state index in [-0.39, 0.29) is 5.57 Å². The van der Waals surface area contributed by atoms with Crippen LogP contribution in [0.5, 0.6) is 5.75 Å². The standard InChI is InChI=1S/C25H20BrClN2O2/c1-2-17-7-10-21(11-8-17)29-25(30)20(15-28)13-18-9-12-24(23(27)14-18)31-16-19-5-3-4-6-22(19)26/h3-14H,2,16H2,1H3,(H,29,30)/b20-13+. The van der Waals surface area contributed by atoms with Crippen molar-refractivity contribution in [1.29, 1.82) is 5.26 Å². The molecule has 1 amide bonds. The topological polar surface area (TPSA) is 62.1 Å². The number of hydrogen-bond donors (Lipinski definition) is 1. The first kappa shape index (κ1) is 22.6. The lowest BCUT2D eigenvalue weighted by Crippen LogP contribution is -2.13. The summed E-state index contributed by atoms with van der Waals surface area (Å²) in [5, 5.41) is 12.6. The average molecular weight is 496 g/mol. The number of carbonyl (C=O) groups is 1. The first-order chi connectivity index (χ1) is 15.0. The molecule has 0 aliphatic heterocycles. The highest BCUT2D eigenvalue weighted by Gasteiger charge is 2.11. The van der Waals surface area contributed by atoms with E-state index in [9.17, 15) is 10.1 Å². The van der Waals surface area contributed by atoms with Crippen molar-refractivity contribution in [2.75, 3.05) is 5.32 Å². The van der Waals surface area contributed by atoms with Crippen LogP contribution < -0.4 is 10.1 Å². The lowest BCUT2D eigenvalue weighted by molar-refractivity contribution is -0.112. The molecule has 0 spiro atoms. The van der Waals surface area contributed by atoms with Crippen molar-refractivity contribution in [3.8, 4) is 11.8 Å². The van der Waals surface area contributed by atoms with E-state index in [4.69, 9.17) is 16.3 Å². The number of nitriles is 1. The molecule has 1 N–H and O–H groups in total. The number of nitrogens with zero attached hydrogens (tertiary/aromatic N) is 1. The highest BCUT2D eigenvalue weighted by molar-refractivity contribution is 9.10. The third-order valence-electron chi connectivity index (χ3n) is 4.59. The van der Waals surface area contributed by atoms with Gasteiger partial charge in [0.1, 0.15) is 24.0 Å². The normalized spacial score (nSPS) is 11.0. The third-order valence-corrected chi connectivity index (χ3v) is 5.66. The summed E-state index contributed by atoms with van der Waals surface area (Å²) < 4.78 is 6.77. The van der Waals surface area contributed by atoms with E-state index in [1.54, 1.807) is 18.2 Å². The summed E-state index contributed by atoms with van der Waals surface area (Å²) >= 11 is 9.84. The van der Waals surface area contributed by atoms with Gasteiger partial charge >= 0.3 is 0 Å². The van der Waals surface area contributed by atoms with Crippen molar-refractivity contribution in [2.24, 2.45) is 0 Å². The van der Waals surface area contributed by atoms with E-state index < -0.39 is 5.91 Å². The van der Waals surface area contributed by atoms with Gasteiger partial charge in [0.25, 0.3) is 5.91 Å². The van der Waals surface area contributed by atoms with Gasteiger partial charge in [-0.15, -0.1) is 0 Å². The highest BCUT2D eigenvalue weighted by atomic mass is 79.9. The lowest BCUT2D eigenvalue weighted by atomic mass is 10.1. The zero-order valence-corrected chi connectivity index (χ0v) is 19.2. The summed E-state index contributed by atoms with van der Waals surface area (Å²) in [6.07, 6.45) is 2.42. The van der Waals surface area contributed by atoms with Crippen molar-refractivity contribution in [1.82, 2.24) is 0 Å². The van der Waals surface area contributed by atoms with Crippen LogP contribution in [0.25, 0.3) is 6.08 Å². The van der Waals surface area contributed by atoms with Crippen LogP contribution in [0.3, 0.4) is 0 Å². The molecule has 3 rings (SSSR count). The second kappa shape index (κ2) is 10.8. The number of ether oxygens (including phenoxy) is 1. The molecular formula is C25H20BrClN2O2. The summed E-state index contributed by atoms with van der Waals surface area (Å²) in [7, 11) is 0. The molecule has 156 valence electrons. The Bertz CT molecular complexity index is 1150. The van der Waals surface area contributed by atoms with Gasteiger partial charge in [-0.3, -0.25) is 4.79 Å². The van der Waals surface area contributed by atoms with Crippen LogP contribution in [0.1, 0.15) is 23.6 Å². The molecular weight excluding hydrogens is 476 g/mol. The number of amides is 1. The summed E-state index contributed by atoms with van der Waals surface area (Å²) in [6.45, 7) is 2.42. The van der Waals surface area contributed by atoms with Gasteiger partial charge in [-0.25, -0.2) is 0 Å². The van der Waals surface area contributed by atoms with Gasteiger partial charge in [0.05, 0.1) is 5.02 Å². The maximum atomic E-state index is 12.5. The molecule has 0 aromatic heterocycles. The number of benzene rings is 3. The molecule has 31 heavy (non-hydrogen) atoms.